The normalized spacial score (nSPS) is 11.8. The summed E-state index contributed by atoms with van der Waals surface area (Å²) in [4.78, 5) is 11.7. The Morgan fingerprint density at radius 2 is 2.05 bits per heavy atom. The number of nitrogens with zero attached hydrogens (tertiary/aromatic N) is 1. The summed E-state index contributed by atoms with van der Waals surface area (Å²) < 4.78 is 15.3. The molecule has 0 aliphatic carbocycles. The van der Waals surface area contributed by atoms with Crippen molar-refractivity contribution >= 4 is 5.91 Å². The number of carbonyl (C=O) groups excluding carboxylic acids is 1. The van der Waals surface area contributed by atoms with E-state index in [0.717, 1.165) is 5.75 Å². The van der Waals surface area contributed by atoms with Gasteiger partial charge >= 0.3 is 0 Å². The molecule has 7 nitrogen and oxygen atoms in total. The van der Waals surface area contributed by atoms with Crippen LogP contribution in [0.3, 0.4) is 0 Å². The van der Waals surface area contributed by atoms with Gasteiger partial charge in [-0.3, -0.25) is 4.79 Å². The van der Waals surface area contributed by atoms with Gasteiger partial charge in [0.1, 0.15) is 30.0 Å². The summed E-state index contributed by atoms with van der Waals surface area (Å²) in [7, 11) is 1.58. The molecule has 0 radical (unpaired) electrons. The summed E-state index contributed by atoms with van der Waals surface area (Å²) >= 11 is 0. The average Bonchev–Trinajstić information content (AvgIpc) is 2.97. The van der Waals surface area contributed by atoms with Gasteiger partial charge in [0.15, 0.2) is 5.69 Å². The minimum Gasteiger partial charge on any atom is -0.497 e. The zero-order valence-corrected chi connectivity index (χ0v) is 12.4. The molecule has 0 fully saturated rings. The monoisotopic (exact) mass is 306 g/mol. The van der Waals surface area contributed by atoms with Crippen LogP contribution in [0.5, 0.6) is 11.5 Å². The van der Waals surface area contributed by atoms with Crippen LogP contribution >= 0.6 is 0 Å². The minimum absolute atomic E-state index is 0.0564. The Balaban J connectivity index is 1.73. The predicted octanol–water partition coefficient (Wildman–Crippen LogP) is 1.16. The maximum absolute atomic E-state index is 11.7. The molecule has 0 aliphatic rings. The first-order chi connectivity index (χ1) is 10.6. The van der Waals surface area contributed by atoms with E-state index in [9.17, 15) is 9.90 Å². The lowest BCUT2D eigenvalue weighted by Crippen LogP contribution is -2.35. The Morgan fingerprint density at radius 1 is 1.36 bits per heavy atom. The van der Waals surface area contributed by atoms with Gasteiger partial charge in [-0.2, -0.15) is 0 Å². The Morgan fingerprint density at radius 3 is 2.64 bits per heavy atom. The molecule has 2 N–H and O–H groups in total. The van der Waals surface area contributed by atoms with Crippen molar-refractivity contribution in [3.05, 3.63) is 41.8 Å². The highest BCUT2D eigenvalue weighted by molar-refractivity contribution is 5.92. The van der Waals surface area contributed by atoms with Crippen molar-refractivity contribution in [1.29, 1.82) is 0 Å². The number of rotatable bonds is 7. The van der Waals surface area contributed by atoms with Crippen molar-refractivity contribution in [2.24, 2.45) is 0 Å². The van der Waals surface area contributed by atoms with Gasteiger partial charge < -0.3 is 24.4 Å². The summed E-state index contributed by atoms with van der Waals surface area (Å²) in [5, 5.41) is 16.0. The van der Waals surface area contributed by atoms with Crippen LogP contribution in [-0.2, 0) is 0 Å². The van der Waals surface area contributed by atoms with E-state index in [4.69, 9.17) is 14.0 Å². The molecule has 2 rings (SSSR count). The molecule has 0 aliphatic heterocycles. The first-order valence-corrected chi connectivity index (χ1v) is 6.75. The van der Waals surface area contributed by atoms with E-state index in [1.54, 1.807) is 38.3 Å². The number of hydrogen-bond acceptors (Lipinski definition) is 6. The molecule has 0 spiro atoms. The Hall–Kier alpha value is -2.54. The maximum atomic E-state index is 11.7. The molecule has 0 unspecified atom stereocenters. The lowest BCUT2D eigenvalue weighted by molar-refractivity contribution is 0.0836. The third kappa shape index (κ3) is 4.49. The van der Waals surface area contributed by atoms with E-state index in [0.29, 0.717) is 11.5 Å². The molecular weight excluding hydrogens is 288 g/mol. The molecular formula is C15H18N2O5. The van der Waals surface area contributed by atoms with Gasteiger partial charge in [-0.1, -0.05) is 5.16 Å². The molecule has 118 valence electrons. The Bertz CT molecular complexity index is 609. The molecule has 22 heavy (non-hydrogen) atoms. The largest absolute Gasteiger partial charge is 0.497 e. The number of aromatic nitrogens is 1. The third-order valence-corrected chi connectivity index (χ3v) is 2.86. The molecule has 0 saturated heterocycles. The standard InChI is InChI=1S/C15H18N2O5/c1-10-7-14(17-22-10)15(19)16-8-11(18)9-21-13-5-3-12(20-2)4-6-13/h3-7,11,18H,8-9H2,1-2H3,(H,16,19)/t11-/m1/s1. The van der Waals surface area contributed by atoms with Crippen molar-refractivity contribution in [2.45, 2.75) is 13.0 Å². The number of amides is 1. The maximum Gasteiger partial charge on any atom is 0.273 e. The van der Waals surface area contributed by atoms with Crippen molar-refractivity contribution < 1.29 is 23.9 Å². The molecule has 1 heterocycles. The first-order valence-electron chi connectivity index (χ1n) is 6.75. The van der Waals surface area contributed by atoms with E-state index in [1.165, 1.54) is 6.07 Å². The Labute approximate surface area is 127 Å². The highest BCUT2D eigenvalue weighted by Crippen LogP contribution is 2.17. The summed E-state index contributed by atoms with van der Waals surface area (Å²) in [5.41, 5.74) is 0.181. The van der Waals surface area contributed by atoms with Gasteiger partial charge in [-0.25, -0.2) is 0 Å². The van der Waals surface area contributed by atoms with Crippen LogP contribution in [0.4, 0.5) is 0 Å². The minimum atomic E-state index is -0.834. The molecule has 1 atom stereocenters. The van der Waals surface area contributed by atoms with Crippen molar-refractivity contribution in [3.8, 4) is 11.5 Å². The number of carbonyl (C=O) groups is 1. The summed E-state index contributed by atoms with van der Waals surface area (Å²) in [6, 6.07) is 8.52. The van der Waals surface area contributed by atoms with Crippen LogP contribution in [-0.4, -0.2) is 42.5 Å². The number of nitrogens with one attached hydrogen (secondary N) is 1. The number of aryl methyl sites for hydroxylation is 1. The van der Waals surface area contributed by atoms with Gasteiger partial charge in [0, 0.05) is 12.6 Å². The number of aliphatic hydroxyl groups is 1. The number of hydrogen-bond donors (Lipinski definition) is 2. The van der Waals surface area contributed by atoms with Gasteiger partial charge in [0.2, 0.25) is 0 Å². The SMILES string of the molecule is COc1ccc(OC[C@H](O)CNC(=O)c2cc(C)on2)cc1. The zero-order valence-electron chi connectivity index (χ0n) is 12.4. The van der Waals surface area contributed by atoms with Crippen molar-refractivity contribution in [2.75, 3.05) is 20.3 Å². The van der Waals surface area contributed by atoms with E-state index >= 15 is 0 Å². The van der Waals surface area contributed by atoms with Gasteiger partial charge in [0.05, 0.1) is 7.11 Å². The summed E-state index contributed by atoms with van der Waals surface area (Å²) in [6.07, 6.45) is -0.834. The summed E-state index contributed by atoms with van der Waals surface area (Å²) in [6.45, 7) is 1.81. The first kappa shape index (κ1) is 15.8. The lowest BCUT2D eigenvalue weighted by atomic mass is 10.3. The second-order valence-electron chi connectivity index (χ2n) is 4.67. The molecule has 1 aromatic heterocycles. The number of benzene rings is 1. The fraction of sp³-hybridized carbons (Fsp3) is 0.333. The van der Waals surface area contributed by atoms with Crippen LogP contribution in [0, 0.1) is 6.92 Å². The second kappa shape index (κ2) is 7.46. The van der Waals surface area contributed by atoms with Crippen molar-refractivity contribution in [3.63, 3.8) is 0 Å². The van der Waals surface area contributed by atoms with Crippen LogP contribution in [0.1, 0.15) is 16.2 Å². The fourth-order valence-corrected chi connectivity index (χ4v) is 1.70. The second-order valence-corrected chi connectivity index (χ2v) is 4.67. The average molecular weight is 306 g/mol. The zero-order chi connectivity index (χ0) is 15.9. The third-order valence-electron chi connectivity index (χ3n) is 2.86. The highest BCUT2D eigenvalue weighted by Gasteiger charge is 2.13. The molecule has 1 amide bonds. The van der Waals surface area contributed by atoms with Gasteiger partial charge in [-0.05, 0) is 31.2 Å². The highest BCUT2D eigenvalue weighted by atomic mass is 16.5. The van der Waals surface area contributed by atoms with Crippen LogP contribution in [0.25, 0.3) is 0 Å². The number of aliphatic hydroxyl groups excluding tert-OH is 1. The van der Waals surface area contributed by atoms with E-state index < -0.39 is 12.0 Å². The number of methoxy groups -OCH3 is 1. The van der Waals surface area contributed by atoms with Crippen LogP contribution in [0.2, 0.25) is 0 Å². The molecule has 7 heteroatoms. The Kier molecular flexibility index (Phi) is 5.37. The molecule has 0 bridgehead atoms. The van der Waals surface area contributed by atoms with Crippen LogP contribution < -0.4 is 14.8 Å². The lowest BCUT2D eigenvalue weighted by Gasteiger charge is -2.13. The van der Waals surface area contributed by atoms with Crippen molar-refractivity contribution in [1.82, 2.24) is 10.5 Å². The van der Waals surface area contributed by atoms with E-state index in [2.05, 4.69) is 10.5 Å². The number of ether oxygens (including phenoxy) is 2. The van der Waals surface area contributed by atoms with Gasteiger partial charge in [-0.15, -0.1) is 0 Å². The predicted molar refractivity (Wildman–Crippen MR) is 78.1 cm³/mol. The van der Waals surface area contributed by atoms with Gasteiger partial charge in [0.25, 0.3) is 5.91 Å². The topological polar surface area (TPSA) is 93.8 Å². The van der Waals surface area contributed by atoms with E-state index in [1.807, 2.05) is 0 Å². The molecule has 1 aromatic carbocycles. The van der Waals surface area contributed by atoms with Crippen LogP contribution in [0.15, 0.2) is 34.9 Å². The molecule has 0 saturated carbocycles. The quantitative estimate of drug-likeness (QED) is 0.797. The van der Waals surface area contributed by atoms with E-state index in [-0.39, 0.29) is 18.8 Å². The molecule has 2 aromatic rings. The summed E-state index contributed by atoms with van der Waals surface area (Å²) in [5.74, 6) is 1.48. The smallest absolute Gasteiger partial charge is 0.273 e. The fourth-order valence-electron chi connectivity index (χ4n) is 1.70.